The van der Waals surface area contributed by atoms with E-state index in [4.69, 9.17) is 16.3 Å². The van der Waals surface area contributed by atoms with Gasteiger partial charge in [0, 0.05) is 41.5 Å². The normalized spacial score (nSPS) is 25.5. The van der Waals surface area contributed by atoms with Gasteiger partial charge in [-0.05, 0) is 69.0 Å². The number of halogens is 1. The van der Waals surface area contributed by atoms with Gasteiger partial charge in [0.15, 0.2) is 0 Å². The molecule has 4 aliphatic rings. The van der Waals surface area contributed by atoms with Crippen LogP contribution in [0.15, 0.2) is 51.8 Å². The molecule has 2 amide bonds. The summed E-state index contributed by atoms with van der Waals surface area (Å²) in [5.74, 6) is -0.296. The Labute approximate surface area is 226 Å². The van der Waals surface area contributed by atoms with Crippen LogP contribution >= 0.6 is 23.4 Å². The van der Waals surface area contributed by atoms with E-state index >= 15 is 0 Å². The van der Waals surface area contributed by atoms with Crippen LogP contribution in [0.2, 0.25) is 0 Å². The number of nitrogens with one attached hydrogen (secondary N) is 1. The number of carbonyl (C=O) groups excluding carboxylic acids is 2. The minimum Gasteiger partial charge on any atom is -0.444 e. The smallest absolute Gasteiger partial charge is 0.410 e. The van der Waals surface area contributed by atoms with Crippen LogP contribution in [0.25, 0.3) is 0 Å². The number of sulfonamides is 1. The molecule has 1 fully saturated rings. The highest BCUT2D eigenvalue weighted by Gasteiger charge is 2.39. The number of anilines is 1. The lowest BCUT2D eigenvalue weighted by molar-refractivity contribution is -0.118. The standard InChI is InChI=1S/C26H30ClN3O5S2/c1-26(2,3)35-25(32)29-10-8-16-12-20(7-5-18(16)15-29)30-11-9-21(24(30)31)28-37(33,34)23-13-17-4-6-19(27)14-22(17)36-23/h4-7,12-14,17,21-22,28H,8-11,15H2,1-3H3/t17?,21-,22?/m0/s1. The van der Waals surface area contributed by atoms with Crippen LogP contribution in [0.1, 0.15) is 38.3 Å². The van der Waals surface area contributed by atoms with Gasteiger partial charge in [-0.1, -0.05) is 29.8 Å². The van der Waals surface area contributed by atoms with Crippen LogP contribution in [-0.2, 0) is 32.5 Å². The van der Waals surface area contributed by atoms with Gasteiger partial charge in [0.25, 0.3) is 0 Å². The average molecular weight is 564 g/mol. The van der Waals surface area contributed by atoms with E-state index in [0.29, 0.717) is 37.5 Å². The summed E-state index contributed by atoms with van der Waals surface area (Å²) in [6.45, 7) is 6.94. The molecule has 0 spiro atoms. The first kappa shape index (κ1) is 26.3. The predicted octanol–water partition coefficient (Wildman–Crippen LogP) is 4.27. The van der Waals surface area contributed by atoms with Gasteiger partial charge in [-0.15, -0.1) is 11.8 Å². The highest BCUT2D eigenvalue weighted by Crippen LogP contribution is 2.43. The molecule has 8 nitrogen and oxygen atoms in total. The van der Waals surface area contributed by atoms with E-state index in [1.807, 2.05) is 51.1 Å². The first-order chi connectivity index (χ1) is 17.4. The van der Waals surface area contributed by atoms with Crippen LogP contribution in [0.3, 0.4) is 0 Å². The van der Waals surface area contributed by atoms with Crippen molar-refractivity contribution < 1.29 is 22.7 Å². The zero-order valence-electron chi connectivity index (χ0n) is 20.9. The van der Waals surface area contributed by atoms with Crippen molar-refractivity contribution in [3.8, 4) is 0 Å². The van der Waals surface area contributed by atoms with E-state index in [0.717, 1.165) is 16.8 Å². The molecule has 1 saturated heterocycles. The van der Waals surface area contributed by atoms with Gasteiger partial charge in [-0.2, -0.15) is 4.72 Å². The molecule has 1 aromatic carbocycles. The number of amides is 2. The summed E-state index contributed by atoms with van der Waals surface area (Å²) in [6.07, 6.45) is 7.94. The second-order valence-electron chi connectivity index (χ2n) is 10.6. The molecule has 0 bridgehead atoms. The molecule has 0 aromatic heterocycles. The molecule has 5 rings (SSSR count). The average Bonchev–Trinajstić information content (AvgIpc) is 3.41. The van der Waals surface area contributed by atoms with E-state index in [2.05, 4.69) is 4.72 Å². The minimum atomic E-state index is -3.83. The molecule has 1 N–H and O–H groups in total. The zero-order chi connectivity index (χ0) is 26.5. The minimum absolute atomic E-state index is 0.0309. The van der Waals surface area contributed by atoms with E-state index in [1.165, 1.54) is 11.8 Å². The number of hydrogen-bond donors (Lipinski definition) is 1. The number of nitrogens with zero attached hydrogens (tertiary/aromatic N) is 2. The molecule has 2 unspecified atom stereocenters. The predicted molar refractivity (Wildman–Crippen MR) is 146 cm³/mol. The van der Waals surface area contributed by atoms with Gasteiger partial charge in [0.2, 0.25) is 15.9 Å². The molecule has 3 aliphatic heterocycles. The Kier molecular flexibility index (Phi) is 6.97. The maximum Gasteiger partial charge on any atom is 0.410 e. The number of carbonyl (C=O) groups is 2. The van der Waals surface area contributed by atoms with E-state index in [9.17, 15) is 18.0 Å². The number of thioether (sulfide) groups is 1. The Morgan fingerprint density at radius 1 is 1.19 bits per heavy atom. The number of allylic oxidation sites excluding steroid dienone is 4. The number of hydrogen-bond acceptors (Lipinski definition) is 6. The fourth-order valence-electron chi connectivity index (χ4n) is 4.86. The van der Waals surface area contributed by atoms with E-state index < -0.39 is 21.7 Å². The third-order valence-corrected chi connectivity index (χ3v) is 10.2. The maximum atomic E-state index is 13.2. The summed E-state index contributed by atoms with van der Waals surface area (Å²) in [4.78, 5) is 29.0. The Morgan fingerprint density at radius 3 is 2.73 bits per heavy atom. The van der Waals surface area contributed by atoms with Crippen molar-refractivity contribution in [1.29, 1.82) is 0 Å². The number of fused-ring (bicyclic) bond motifs is 2. The number of ether oxygens (including phenoxy) is 1. The lowest BCUT2D eigenvalue weighted by atomic mass is 9.99. The Balaban J connectivity index is 1.24. The summed E-state index contributed by atoms with van der Waals surface area (Å²) in [5.41, 5.74) is 2.27. The van der Waals surface area contributed by atoms with Gasteiger partial charge >= 0.3 is 6.09 Å². The lowest BCUT2D eigenvalue weighted by Gasteiger charge is -2.31. The number of benzene rings is 1. The summed E-state index contributed by atoms with van der Waals surface area (Å²) < 4.78 is 34.5. The SMILES string of the molecule is CC(C)(C)OC(=O)N1CCc2cc(N3CC[C@H](NS(=O)(=O)C4=CC5C=CC(Cl)=CC5S4)C3=O)ccc2C1. The molecule has 198 valence electrons. The fourth-order valence-corrected chi connectivity index (χ4v) is 8.22. The van der Waals surface area contributed by atoms with Gasteiger partial charge in [0.05, 0.1) is 0 Å². The van der Waals surface area contributed by atoms with Gasteiger partial charge < -0.3 is 14.5 Å². The third kappa shape index (κ3) is 5.62. The summed E-state index contributed by atoms with van der Waals surface area (Å²) in [5, 5.41) is 0.541. The summed E-state index contributed by atoms with van der Waals surface area (Å²) in [6, 6.07) is 4.94. The van der Waals surface area contributed by atoms with Crippen LogP contribution in [-0.4, -0.2) is 55.3 Å². The zero-order valence-corrected chi connectivity index (χ0v) is 23.3. The Bertz CT molecular complexity index is 1330. The largest absolute Gasteiger partial charge is 0.444 e. The molecular weight excluding hydrogens is 534 g/mol. The van der Waals surface area contributed by atoms with Gasteiger partial charge in [-0.25, -0.2) is 13.2 Å². The maximum absolute atomic E-state index is 13.2. The molecule has 1 aliphatic carbocycles. The Hall–Kier alpha value is -2.27. The molecule has 11 heteroatoms. The van der Waals surface area contributed by atoms with Gasteiger partial charge in [-0.3, -0.25) is 4.79 Å². The second kappa shape index (κ2) is 9.80. The summed E-state index contributed by atoms with van der Waals surface area (Å²) >= 11 is 7.31. The Morgan fingerprint density at radius 2 is 1.97 bits per heavy atom. The molecule has 3 heterocycles. The van der Waals surface area contributed by atoms with Crippen LogP contribution in [0.5, 0.6) is 0 Å². The lowest BCUT2D eigenvalue weighted by Crippen LogP contribution is -2.41. The fraction of sp³-hybridized carbons (Fsp3) is 0.462. The van der Waals surface area contributed by atoms with Crippen molar-refractivity contribution in [2.24, 2.45) is 5.92 Å². The highest BCUT2D eigenvalue weighted by molar-refractivity contribution is 8.18. The first-order valence-electron chi connectivity index (χ1n) is 12.3. The molecule has 1 aromatic rings. The second-order valence-corrected chi connectivity index (χ2v) is 14.2. The van der Waals surface area contributed by atoms with Crippen LogP contribution < -0.4 is 9.62 Å². The van der Waals surface area contributed by atoms with Crippen molar-refractivity contribution >= 4 is 51.1 Å². The highest BCUT2D eigenvalue weighted by atomic mass is 35.5. The summed E-state index contributed by atoms with van der Waals surface area (Å²) in [7, 11) is -3.83. The monoisotopic (exact) mass is 563 g/mol. The quantitative estimate of drug-likeness (QED) is 0.588. The van der Waals surface area contributed by atoms with Crippen molar-refractivity contribution in [2.75, 3.05) is 18.0 Å². The third-order valence-electron chi connectivity index (χ3n) is 6.69. The molecule has 37 heavy (non-hydrogen) atoms. The van der Waals surface area contributed by atoms with E-state index in [1.54, 1.807) is 22.0 Å². The van der Waals surface area contributed by atoms with Crippen molar-refractivity contribution in [3.05, 3.63) is 62.9 Å². The van der Waals surface area contributed by atoms with Crippen LogP contribution in [0, 0.1) is 5.92 Å². The number of rotatable bonds is 4. The molecule has 0 radical (unpaired) electrons. The van der Waals surface area contributed by atoms with E-state index in [-0.39, 0.29) is 27.4 Å². The van der Waals surface area contributed by atoms with Crippen molar-refractivity contribution in [1.82, 2.24) is 9.62 Å². The molecular formula is C26H30ClN3O5S2. The van der Waals surface area contributed by atoms with Crippen LogP contribution in [0.4, 0.5) is 10.5 Å². The molecule has 3 atom stereocenters. The van der Waals surface area contributed by atoms with Gasteiger partial charge in [0.1, 0.15) is 15.9 Å². The van der Waals surface area contributed by atoms with Crippen molar-refractivity contribution in [3.63, 3.8) is 0 Å². The molecule has 0 saturated carbocycles. The van der Waals surface area contributed by atoms with Crippen molar-refractivity contribution in [2.45, 2.75) is 57.1 Å². The topological polar surface area (TPSA) is 96.0 Å². The first-order valence-corrected chi connectivity index (χ1v) is 15.0.